The molecule has 3 heteroatoms. The molecule has 1 amide bonds. The van der Waals surface area contributed by atoms with E-state index in [-0.39, 0.29) is 18.1 Å². The first-order valence-corrected chi connectivity index (χ1v) is 5.90. The molecule has 0 saturated carbocycles. The maximum Gasteiger partial charge on any atom is 0.235 e. The second kappa shape index (κ2) is 3.84. The van der Waals surface area contributed by atoms with Crippen molar-refractivity contribution < 1.29 is 9.59 Å². The lowest BCUT2D eigenvalue weighted by Gasteiger charge is -2.22. The average Bonchev–Trinajstić information content (AvgIpc) is 2.68. The van der Waals surface area contributed by atoms with Crippen LogP contribution in [0.4, 0.5) is 5.69 Å². The molecule has 0 radical (unpaired) electrons. The summed E-state index contributed by atoms with van der Waals surface area (Å²) in [5, 5.41) is 0. The van der Waals surface area contributed by atoms with Crippen LogP contribution in [0.15, 0.2) is 41.6 Å². The molecule has 1 aromatic rings. The quantitative estimate of drug-likeness (QED) is 0.739. The number of allylic oxidation sites excluding steroid dienone is 1. The van der Waals surface area contributed by atoms with Crippen LogP contribution in [0, 0.1) is 0 Å². The SMILES string of the molecule is O=C1CCCC2=C1CC(=O)N2c1ccccc1. The van der Waals surface area contributed by atoms with Gasteiger partial charge >= 0.3 is 0 Å². The fourth-order valence-corrected chi connectivity index (χ4v) is 2.58. The van der Waals surface area contributed by atoms with E-state index in [9.17, 15) is 9.59 Å². The van der Waals surface area contributed by atoms with Gasteiger partial charge in [0.2, 0.25) is 5.91 Å². The summed E-state index contributed by atoms with van der Waals surface area (Å²) in [7, 11) is 0. The number of anilines is 1. The number of hydrogen-bond donors (Lipinski definition) is 0. The maximum absolute atomic E-state index is 12.0. The zero-order valence-electron chi connectivity index (χ0n) is 9.48. The number of rotatable bonds is 1. The monoisotopic (exact) mass is 227 g/mol. The summed E-state index contributed by atoms with van der Waals surface area (Å²) in [6, 6.07) is 9.56. The first-order valence-electron chi connectivity index (χ1n) is 5.90. The number of ketones is 1. The molecule has 86 valence electrons. The molecule has 0 N–H and O–H groups in total. The van der Waals surface area contributed by atoms with Gasteiger partial charge in [-0.05, 0) is 25.0 Å². The number of nitrogens with zero attached hydrogens (tertiary/aromatic N) is 1. The van der Waals surface area contributed by atoms with Gasteiger partial charge in [0.05, 0.1) is 6.42 Å². The summed E-state index contributed by atoms with van der Waals surface area (Å²) < 4.78 is 0. The molecule has 0 unspecified atom stereocenters. The van der Waals surface area contributed by atoms with E-state index in [2.05, 4.69) is 0 Å². The fraction of sp³-hybridized carbons (Fsp3) is 0.286. The van der Waals surface area contributed by atoms with Crippen LogP contribution in [0.5, 0.6) is 0 Å². The van der Waals surface area contributed by atoms with Crippen molar-refractivity contribution in [2.45, 2.75) is 25.7 Å². The lowest BCUT2D eigenvalue weighted by Crippen LogP contribution is -2.25. The van der Waals surface area contributed by atoms with E-state index in [1.807, 2.05) is 30.3 Å². The van der Waals surface area contributed by atoms with Crippen molar-refractivity contribution in [1.29, 1.82) is 0 Å². The Labute approximate surface area is 99.7 Å². The summed E-state index contributed by atoms with van der Waals surface area (Å²) >= 11 is 0. The third-order valence-electron chi connectivity index (χ3n) is 3.36. The van der Waals surface area contributed by atoms with Crippen molar-refractivity contribution in [3.63, 3.8) is 0 Å². The van der Waals surface area contributed by atoms with E-state index in [0.717, 1.165) is 29.8 Å². The van der Waals surface area contributed by atoms with E-state index in [0.29, 0.717) is 6.42 Å². The molecule has 1 heterocycles. The fourth-order valence-electron chi connectivity index (χ4n) is 2.58. The van der Waals surface area contributed by atoms with Gasteiger partial charge < -0.3 is 0 Å². The molecule has 1 aliphatic heterocycles. The van der Waals surface area contributed by atoms with Crippen molar-refractivity contribution in [2.24, 2.45) is 0 Å². The van der Waals surface area contributed by atoms with Gasteiger partial charge in [0.15, 0.2) is 5.78 Å². The first-order chi connectivity index (χ1) is 8.27. The standard InChI is InChI=1S/C14H13NO2/c16-13-8-4-7-12-11(13)9-14(17)15(12)10-5-2-1-3-6-10/h1-3,5-6H,4,7-9H2. The normalized spacial score (nSPS) is 19.9. The lowest BCUT2D eigenvalue weighted by molar-refractivity contribution is -0.119. The van der Waals surface area contributed by atoms with E-state index >= 15 is 0 Å². The van der Waals surface area contributed by atoms with Crippen LogP contribution in [0.1, 0.15) is 25.7 Å². The minimum Gasteiger partial charge on any atom is -0.294 e. The van der Waals surface area contributed by atoms with E-state index in [4.69, 9.17) is 0 Å². The van der Waals surface area contributed by atoms with E-state index in [1.165, 1.54) is 0 Å². The van der Waals surface area contributed by atoms with Crippen LogP contribution < -0.4 is 4.90 Å². The van der Waals surface area contributed by atoms with Crippen molar-refractivity contribution in [3.05, 3.63) is 41.6 Å². The zero-order chi connectivity index (χ0) is 11.8. The number of carbonyl (C=O) groups excluding carboxylic acids is 2. The molecule has 0 bridgehead atoms. The molecule has 0 aromatic heterocycles. The number of benzene rings is 1. The number of hydrogen-bond acceptors (Lipinski definition) is 2. The van der Waals surface area contributed by atoms with E-state index in [1.54, 1.807) is 4.90 Å². The molecule has 3 nitrogen and oxygen atoms in total. The zero-order valence-corrected chi connectivity index (χ0v) is 9.48. The van der Waals surface area contributed by atoms with Crippen LogP contribution in [0.2, 0.25) is 0 Å². The summed E-state index contributed by atoms with van der Waals surface area (Å²) in [6.45, 7) is 0. The van der Waals surface area contributed by atoms with Gasteiger partial charge in [0.25, 0.3) is 0 Å². The van der Waals surface area contributed by atoms with E-state index < -0.39 is 0 Å². The average molecular weight is 227 g/mol. The topological polar surface area (TPSA) is 37.4 Å². The maximum atomic E-state index is 12.0. The van der Waals surface area contributed by atoms with Gasteiger partial charge in [-0.25, -0.2) is 0 Å². The predicted molar refractivity (Wildman–Crippen MR) is 64.4 cm³/mol. The smallest absolute Gasteiger partial charge is 0.235 e. The van der Waals surface area contributed by atoms with Crippen molar-refractivity contribution in [1.82, 2.24) is 0 Å². The largest absolute Gasteiger partial charge is 0.294 e. The van der Waals surface area contributed by atoms with Crippen LogP contribution in [0.25, 0.3) is 0 Å². The Kier molecular flexibility index (Phi) is 2.32. The summed E-state index contributed by atoms with van der Waals surface area (Å²) in [4.78, 5) is 25.5. The highest BCUT2D eigenvalue weighted by molar-refractivity contribution is 6.11. The number of para-hydroxylation sites is 1. The summed E-state index contributed by atoms with van der Waals surface area (Å²) in [5.41, 5.74) is 2.54. The molecule has 0 fully saturated rings. The first kappa shape index (κ1) is 10.3. The minimum absolute atomic E-state index is 0.0245. The molecule has 3 rings (SSSR count). The van der Waals surface area contributed by atoms with Crippen molar-refractivity contribution in [3.8, 4) is 0 Å². The minimum atomic E-state index is 0.0245. The van der Waals surface area contributed by atoms with Gasteiger partial charge in [-0.2, -0.15) is 0 Å². The second-order valence-corrected chi connectivity index (χ2v) is 4.44. The molecule has 17 heavy (non-hydrogen) atoms. The third kappa shape index (κ3) is 1.58. The van der Waals surface area contributed by atoms with Crippen molar-refractivity contribution >= 4 is 17.4 Å². The molecular formula is C14H13NO2. The summed E-state index contributed by atoms with van der Waals surface area (Å²) in [5.74, 6) is 0.175. The number of carbonyl (C=O) groups is 2. The van der Waals surface area contributed by atoms with Gasteiger partial charge in [-0.3, -0.25) is 14.5 Å². The Morgan fingerprint density at radius 1 is 1.00 bits per heavy atom. The van der Waals surface area contributed by atoms with Gasteiger partial charge in [-0.1, -0.05) is 18.2 Å². The molecule has 0 saturated heterocycles. The molecular weight excluding hydrogens is 214 g/mol. The predicted octanol–water partition coefficient (Wildman–Crippen LogP) is 2.43. The Hall–Kier alpha value is -1.90. The molecule has 1 aromatic carbocycles. The van der Waals surface area contributed by atoms with Crippen LogP contribution in [0.3, 0.4) is 0 Å². The Morgan fingerprint density at radius 2 is 1.76 bits per heavy atom. The van der Waals surface area contributed by atoms with Gasteiger partial charge in [0.1, 0.15) is 0 Å². The Balaban J connectivity index is 2.06. The molecule has 1 aliphatic carbocycles. The summed E-state index contributed by atoms with van der Waals surface area (Å²) in [6.07, 6.45) is 2.56. The molecule has 2 aliphatic rings. The third-order valence-corrected chi connectivity index (χ3v) is 3.36. The van der Waals surface area contributed by atoms with Gasteiger partial charge in [-0.15, -0.1) is 0 Å². The van der Waals surface area contributed by atoms with Gasteiger partial charge in [0, 0.05) is 23.4 Å². The highest BCUT2D eigenvalue weighted by Gasteiger charge is 2.35. The highest BCUT2D eigenvalue weighted by Crippen LogP contribution is 2.36. The van der Waals surface area contributed by atoms with Crippen LogP contribution >= 0.6 is 0 Å². The Morgan fingerprint density at radius 3 is 2.53 bits per heavy atom. The van der Waals surface area contributed by atoms with Crippen LogP contribution in [-0.4, -0.2) is 11.7 Å². The van der Waals surface area contributed by atoms with Crippen molar-refractivity contribution in [2.75, 3.05) is 4.90 Å². The lowest BCUT2D eigenvalue weighted by atomic mass is 9.95. The second-order valence-electron chi connectivity index (χ2n) is 4.44. The molecule has 0 spiro atoms. The number of amides is 1. The Bertz CT molecular complexity index is 516. The number of Topliss-reactive ketones (excluding diaryl/α,β-unsaturated/α-hetero) is 1. The van der Waals surface area contributed by atoms with Crippen LogP contribution in [-0.2, 0) is 9.59 Å². The molecule has 0 atom stereocenters. The highest BCUT2D eigenvalue weighted by atomic mass is 16.2.